The van der Waals surface area contributed by atoms with Crippen LogP contribution in [0.3, 0.4) is 0 Å². The number of hydrogen-bond acceptors (Lipinski definition) is 7. The van der Waals surface area contributed by atoms with Gasteiger partial charge in [-0.1, -0.05) is 70.3 Å². The van der Waals surface area contributed by atoms with Gasteiger partial charge >= 0.3 is 5.97 Å². The minimum absolute atomic E-state index is 0.155. The van der Waals surface area contributed by atoms with Gasteiger partial charge in [0.25, 0.3) is 0 Å². The van der Waals surface area contributed by atoms with Gasteiger partial charge in [-0.15, -0.1) is 0 Å². The third-order valence-corrected chi connectivity index (χ3v) is 6.25. The largest absolute Gasteiger partial charge is 0.430 e. The second kappa shape index (κ2) is 18.1. The van der Waals surface area contributed by atoms with Gasteiger partial charge in [0.15, 0.2) is 0 Å². The maximum absolute atomic E-state index is 12.4. The van der Waals surface area contributed by atoms with Crippen molar-refractivity contribution in [3.8, 4) is 0 Å². The molecule has 0 radical (unpaired) electrons. The predicted molar refractivity (Wildman–Crippen MR) is 133 cm³/mol. The Balaban J connectivity index is 2.23. The van der Waals surface area contributed by atoms with Crippen LogP contribution in [0.4, 0.5) is 0 Å². The van der Waals surface area contributed by atoms with Crippen molar-refractivity contribution in [1.82, 2.24) is 0 Å². The lowest BCUT2D eigenvalue weighted by atomic mass is 9.90. The maximum Gasteiger partial charge on any atom is 0.308 e. The van der Waals surface area contributed by atoms with Gasteiger partial charge in [-0.25, -0.2) is 0 Å². The summed E-state index contributed by atoms with van der Waals surface area (Å²) in [5.41, 5.74) is 0. The molecule has 198 valence electrons. The fraction of sp³-hybridized carbons (Fsp3) is 0.815. The number of allylic oxidation sites excluding steroid dienone is 4. The number of rotatable bonds is 18. The first kappa shape index (κ1) is 30.8. The number of aliphatic hydroxyl groups is 4. The zero-order valence-electron chi connectivity index (χ0n) is 21.2. The quantitative estimate of drug-likeness (QED) is 0.130. The van der Waals surface area contributed by atoms with E-state index in [-0.39, 0.29) is 12.8 Å². The molecule has 1 heterocycles. The molecule has 7 heteroatoms. The molecule has 1 fully saturated rings. The Labute approximate surface area is 205 Å². The van der Waals surface area contributed by atoms with Crippen LogP contribution in [0.25, 0.3) is 0 Å². The van der Waals surface area contributed by atoms with Crippen molar-refractivity contribution in [2.45, 2.75) is 134 Å². The van der Waals surface area contributed by atoms with E-state index in [9.17, 15) is 25.2 Å². The van der Waals surface area contributed by atoms with Crippen molar-refractivity contribution in [3.05, 3.63) is 24.3 Å². The van der Waals surface area contributed by atoms with Crippen LogP contribution in [0.15, 0.2) is 24.3 Å². The monoisotopic (exact) mass is 484 g/mol. The summed E-state index contributed by atoms with van der Waals surface area (Å²) < 4.78 is 11.1. The lowest BCUT2D eigenvalue weighted by Gasteiger charge is -2.47. The summed E-state index contributed by atoms with van der Waals surface area (Å²) in [5, 5.41) is 40.0. The first-order valence-corrected chi connectivity index (χ1v) is 13.3. The summed E-state index contributed by atoms with van der Waals surface area (Å²) in [6.07, 6.45) is 16.0. The molecular weight excluding hydrogens is 436 g/mol. The van der Waals surface area contributed by atoms with Gasteiger partial charge in [-0.05, 0) is 44.9 Å². The maximum atomic E-state index is 12.4. The Bertz CT molecular complexity index is 590. The van der Waals surface area contributed by atoms with Crippen LogP contribution < -0.4 is 0 Å². The molecular formula is C27H48O7. The van der Waals surface area contributed by atoms with Crippen LogP contribution in [-0.2, 0) is 14.3 Å². The summed E-state index contributed by atoms with van der Waals surface area (Å²) in [6, 6.07) is 0. The zero-order valence-corrected chi connectivity index (χ0v) is 21.2. The summed E-state index contributed by atoms with van der Waals surface area (Å²) in [7, 11) is 0. The van der Waals surface area contributed by atoms with E-state index in [1.54, 1.807) is 0 Å². The Hall–Kier alpha value is -1.25. The highest BCUT2D eigenvalue weighted by Gasteiger charge is 2.55. The van der Waals surface area contributed by atoms with Crippen LogP contribution >= 0.6 is 0 Å². The Morgan fingerprint density at radius 1 is 0.853 bits per heavy atom. The van der Waals surface area contributed by atoms with Crippen molar-refractivity contribution in [2.24, 2.45) is 0 Å². The molecule has 1 aliphatic heterocycles. The summed E-state index contributed by atoms with van der Waals surface area (Å²) >= 11 is 0. The molecule has 0 aromatic heterocycles. The molecule has 0 saturated carbocycles. The second-order valence-electron chi connectivity index (χ2n) is 9.28. The number of carbonyl (C=O) groups is 1. The molecule has 34 heavy (non-hydrogen) atoms. The minimum atomic E-state index is -1.76. The lowest BCUT2D eigenvalue weighted by molar-refractivity contribution is -0.353. The highest BCUT2D eigenvalue weighted by Crippen LogP contribution is 2.35. The van der Waals surface area contributed by atoms with E-state index in [0.717, 1.165) is 38.5 Å². The van der Waals surface area contributed by atoms with Crippen LogP contribution in [0.2, 0.25) is 0 Å². The van der Waals surface area contributed by atoms with Gasteiger partial charge in [0.1, 0.15) is 24.4 Å². The zero-order chi connectivity index (χ0) is 25.2. The van der Waals surface area contributed by atoms with Crippen molar-refractivity contribution < 1.29 is 34.7 Å². The summed E-state index contributed by atoms with van der Waals surface area (Å²) in [5.74, 6) is -2.27. The van der Waals surface area contributed by atoms with Gasteiger partial charge in [0.2, 0.25) is 5.79 Å². The van der Waals surface area contributed by atoms with E-state index < -0.39 is 42.8 Å². The first-order valence-electron chi connectivity index (χ1n) is 13.3. The number of aliphatic hydroxyl groups excluding tert-OH is 4. The van der Waals surface area contributed by atoms with E-state index in [1.807, 2.05) is 6.92 Å². The Morgan fingerprint density at radius 2 is 1.47 bits per heavy atom. The number of carbonyl (C=O) groups excluding carboxylic acids is 1. The fourth-order valence-corrected chi connectivity index (χ4v) is 4.22. The molecule has 0 amide bonds. The van der Waals surface area contributed by atoms with Crippen molar-refractivity contribution in [2.75, 3.05) is 6.61 Å². The molecule has 0 aromatic carbocycles. The molecule has 7 nitrogen and oxygen atoms in total. The van der Waals surface area contributed by atoms with E-state index in [2.05, 4.69) is 31.2 Å². The lowest BCUT2D eigenvalue weighted by Crippen LogP contribution is -2.66. The number of ether oxygens (including phenoxy) is 2. The molecule has 0 spiro atoms. The van der Waals surface area contributed by atoms with E-state index in [1.165, 1.54) is 25.7 Å². The average Bonchev–Trinajstić information content (AvgIpc) is 2.82. The Kier molecular flexibility index (Phi) is 16.4. The molecule has 1 rings (SSSR count). The second-order valence-corrected chi connectivity index (χ2v) is 9.28. The first-order chi connectivity index (χ1) is 16.4. The van der Waals surface area contributed by atoms with Crippen molar-refractivity contribution in [3.63, 3.8) is 0 Å². The van der Waals surface area contributed by atoms with Gasteiger partial charge in [0.05, 0.1) is 6.61 Å². The summed E-state index contributed by atoms with van der Waals surface area (Å²) in [4.78, 5) is 12.4. The van der Waals surface area contributed by atoms with Crippen LogP contribution in [0.5, 0.6) is 0 Å². The predicted octanol–water partition coefficient (Wildman–Crippen LogP) is 4.31. The fourth-order valence-electron chi connectivity index (χ4n) is 4.22. The standard InChI is InChI=1S/C27H48O7/c1-3-5-6-7-8-9-10-11-12-13-14-15-16-17-18-19-23(29)34-27(20-4-2)26(32)25(31)24(30)22(21-28)33-27/h8-9,11-12,22,24-26,28,30-32H,3-7,10,13-21H2,1-2H3/t22-,24-,25+,26-,27?/m1/s1. The van der Waals surface area contributed by atoms with Crippen LogP contribution in [-0.4, -0.2) is 63.2 Å². The third-order valence-electron chi connectivity index (χ3n) is 6.25. The van der Waals surface area contributed by atoms with E-state index in [4.69, 9.17) is 9.47 Å². The summed E-state index contributed by atoms with van der Waals surface area (Å²) in [6.45, 7) is 3.49. The van der Waals surface area contributed by atoms with Crippen molar-refractivity contribution >= 4 is 5.97 Å². The van der Waals surface area contributed by atoms with Crippen LogP contribution in [0.1, 0.15) is 104 Å². The molecule has 0 bridgehead atoms. The highest BCUT2D eigenvalue weighted by molar-refractivity contribution is 5.69. The molecule has 0 aliphatic carbocycles. The van der Waals surface area contributed by atoms with Crippen molar-refractivity contribution in [1.29, 1.82) is 0 Å². The van der Waals surface area contributed by atoms with Gasteiger partial charge in [-0.3, -0.25) is 4.79 Å². The van der Waals surface area contributed by atoms with Gasteiger partial charge < -0.3 is 29.9 Å². The number of unbranched alkanes of at least 4 members (excludes halogenated alkanes) is 8. The number of esters is 1. The highest BCUT2D eigenvalue weighted by atomic mass is 16.7. The normalized spacial score (nSPS) is 27.6. The molecule has 0 aromatic rings. The van der Waals surface area contributed by atoms with Crippen LogP contribution in [0, 0.1) is 0 Å². The smallest absolute Gasteiger partial charge is 0.308 e. The van der Waals surface area contributed by atoms with Gasteiger partial charge in [0, 0.05) is 12.8 Å². The number of hydrogen-bond donors (Lipinski definition) is 4. The SMILES string of the molecule is CCCCCC=CCC=CCCCCCCCC(=O)OC1(CCC)O[C@H](CO)[C@@H](O)[C@H](O)[C@H]1O. The molecule has 1 saturated heterocycles. The van der Waals surface area contributed by atoms with E-state index in [0.29, 0.717) is 12.8 Å². The Morgan fingerprint density at radius 3 is 2.09 bits per heavy atom. The third kappa shape index (κ3) is 11.0. The minimum Gasteiger partial charge on any atom is -0.430 e. The molecule has 5 atom stereocenters. The van der Waals surface area contributed by atoms with E-state index >= 15 is 0 Å². The average molecular weight is 485 g/mol. The molecule has 1 aliphatic rings. The molecule has 1 unspecified atom stereocenters. The topological polar surface area (TPSA) is 116 Å². The molecule has 4 N–H and O–H groups in total. The van der Waals surface area contributed by atoms with Gasteiger partial charge in [-0.2, -0.15) is 0 Å².